The molecule has 0 amide bonds. The summed E-state index contributed by atoms with van der Waals surface area (Å²) in [7, 11) is 0. The normalized spacial score (nSPS) is 29.1. The third kappa shape index (κ3) is 8.93. The fourth-order valence-electron chi connectivity index (χ4n) is 5.55. The summed E-state index contributed by atoms with van der Waals surface area (Å²) >= 11 is 0. The zero-order chi connectivity index (χ0) is 20.0. The number of nitriles is 1. The Morgan fingerprint density at radius 2 is 1.43 bits per heavy atom. The van der Waals surface area contributed by atoms with Crippen molar-refractivity contribution in [2.24, 2.45) is 23.7 Å². The summed E-state index contributed by atoms with van der Waals surface area (Å²) in [6, 6.07) is 1.50. The van der Waals surface area contributed by atoms with Crippen LogP contribution in [0.25, 0.3) is 0 Å². The van der Waals surface area contributed by atoms with Crippen molar-refractivity contribution in [3.63, 3.8) is 0 Å². The van der Waals surface area contributed by atoms with Crippen LogP contribution < -0.4 is 0 Å². The maximum absolute atomic E-state index is 12.7. The molecule has 0 spiro atoms. The van der Waals surface area contributed by atoms with E-state index in [4.69, 9.17) is 5.26 Å². The Morgan fingerprint density at radius 3 is 2.00 bits per heavy atom. The van der Waals surface area contributed by atoms with Gasteiger partial charge in [-0.25, -0.2) is 0 Å². The predicted octanol–water partition coefficient (Wildman–Crippen LogP) is 8.67. The number of rotatable bonds is 11. The Labute approximate surface area is 173 Å². The molecule has 0 radical (unpaired) electrons. The van der Waals surface area contributed by atoms with E-state index in [1.807, 2.05) is 6.08 Å². The topological polar surface area (TPSA) is 23.8 Å². The van der Waals surface area contributed by atoms with Gasteiger partial charge in [0.25, 0.3) is 0 Å². The van der Waals surface area contributed by atoms with Crippen molar-refractivity contribution in [3.05, 3.63) is 24.1 Å². The van der Waals surface area contributed by atoms with Crippen LogP contribution in [-0.4, -0.2) is 0 Å². The first kappa shape index (κ1) is 23.2. The highest BCUT2D eigenvalue weighted by molar-refractivity contribution is 5.18. The van der Waals surface area contributed by atoms with Crippen LogP contribution in [0, 0.1) is 35.0 Å². The van der Waals surface area contributed by atoms with Crippen molar-refractivity contribution in [1.29, 1.82) is 5.26 Å². The summed E-state index contributed by atoms with van der Waals surface area (Å²) in [5.74, 6) is 3.18. The maximum atomic E-state index is 12.7. The van der Waals surface area contributed by atoms with Crippen LogP contribution in [0.3, 0.4) is 0 Å². The first-order valence-corrected chi connectivity index (χ1v) is 12.1. The smallest absolute Gasteiger partial charge is 0.195 e. The standard InChI is InChI=1S/C26H42FN/c1-2-3-4-5-7-10-22-13-17-24(18-14-22)25-19-15-23(16-20-25)11-8-6-9-12-26(27)21-28/h6,9,12,22-25H,2-5,7-8,10-11,13-20H2,1H3/b9-6+,26-12-/t22-,23?,24-,25?. The molecule has 0 atom stereocenters. The van der Waals surface area contributed by atoms with Crippen LogP contribution >= 0.6 is 0 Å². The second kappa shape index (κ2) is 14.0. The average Bonchev–Trinajstić information content (AvgIpc) is 2.74. The highest BCUT2D eigenvalue weighted by atomic mass is 19.1. The van der Waals surface area contributed by atoms with Crippen molar-refractivity contribution in [2.45, 2.75) is 110 Å². The van der Waals surface area contributed by atoms with Crippen molar-refractivity contribution >= 4 is 0 Å². The number of allylic oxidation sites excluding steroid dienone is 4. The van der Waals surface area contributed by atoms with E-state index in [0.29, 0.717) is 0 Å². The minimum Gasteiger partial charge on any atom is -0.195 e. The molecule has 0 unspecified atom stereocenters. The Balaban J connectivity index is 1.55. The van der Waals surface area contributed by atoms with Gasteiger partial charge in [-0.3, -0.25) is 0 Å². The molecule has 0 saturated heterocycles. The summed E-state index contributed by atoms with van der Waals surface area (Å²) in [5, 5.41) is 8.38. The van der Waals surface area contributed by atoms with E-state index in [9.17, 15) is 4.39 Å². The minimum absolute atomic E-state index is 0.706. The lowest BCUT2D eigenvalue weighted by atomic mass is 9.68. The second-order valence-corrected chi connectivity index (χ2v) is 9.40. The lowest BCUT2D eigenvalue weighted by Crippen LogP contribution is -2.25. The molecule has 2 aliphatic rings. The van der Waals surface area contributed by atoms with E-state index in [1.165, 1.54) is 108 Å². The van der Waals surface area contributed by atoms with Crippen molar-refractivity contribution in [1.82, 2.24) is 0 Å². The van der Waals surface area contributed by atoms with Gasteiger partial charge in [0.1, 0.15) is 6.07 Å². The van der Waals surface area contributed by atoms with Gasteiger partial charge in [-0.2, -0.15) is 9.65 Å². The Hall–Kier alpha value is -1.10. The first-order chi connectivity index (χ1) is 13.7. The highest BCUT2D eigenvalue weighted by Gasteiger charge is 2.30. The average molecular weight is 388 g/mol. The monoisotopic (exact) mass is 387 g/mol. The molecule has 2 saturated carbocycles. The van der Waals surface area contributed by atoms with E-state index >= 15 is 0 Å². The predicted molar refractivity (Wildman–Crippen MR) is 117 cm³/mol. The molecule has 2 rings (SSSR count). The molecule has 2 heteroatoms. The summed E-state index contributed by atoms with van der Waals surface area (Å²) in [4.78, 5) is 0. The third-order valence-electron chi connectivity index (χ3n) is 7.39. The first-order valence-electron chi connectivity index (χ1n) is 12.1. The third-order valence-corrected chi connectivity index (χ3v) is 7.39. The van der Waals surface area contributed by atoms with Crippen LogP contribution in [0.15, 0.2) is 24.1 Å². The van der Waals surface area contributed by atoms with E-state index in [0.717, 1.165) is 30.1 Å². The molecule has 0 heterocycles. The van der Waals surface area contributed by atoms with Crippen molar-refractivity contribution in [3.8, 4) is 6.07 Å². The Bertz CT molecular complexity index is 499. The van der Waals surface area contributed by atoms with Crippen LogP contribution in [-0.2, 0) is 0 Å². The van der Waals surface area contributed by atoms with Crippen LogP contribution in [0.4, 0.5) is 4.39 Å². The Morgan fingerprint density at radius 1 is 0.857 bits per heavy atom. The van der Waals surface area contributed by atoms with E-state index in [1.54, 1.807) is 6.08 Å². The summed E-state index contributed by atoms with van der Waals surface area (Å²) in [6.45, 7) is 2.30. The number of nitrogens with zero attached hydrogens (tertiary/aromatic N) is 1. The van der Waals surface area contributed by atoms with E-state index in [-0.39, 0.29) is 0 Å². The molecule has 28 heavy (non-hydrogen) atoms. The fraction of sp³-hybridized carbons (Fsp3) is 0.808. The highest BCUT2D eigenvalue weighted by Crippen LogP contribution is 2.43. The molecule has 2 fully saturated rings. The number of halogens is 1. The number of hydrogen-bond donors (Lipinski definition) is 0. The van der Waals surface area contributed by atoms with Gasteiger partial charge < -0.3 is 0 Å². The fourth-order valence-corrected chi connectivity index (χ4v) is 5.55. The molecule has 2 aliphatic carbocycles. The number of hydrogen-bond acceptors (Lipinski definition) is 1. The van der Waals surface area contributed by atoms with Crippen LogP contribution in [0.2, 0.25) is 0 Å². The second-order valence-electron chi connectivity index (χ2n) is 9.40. The van der Waals surface area contributed by atoms with Gasteiger partial charge in [0, 0.05) is 0 Å². The summed E-state index contributed by atoms with van der Waals surface area (Å²) in [5.41, 5.74) is 0. The van der Waals surface area contributed by atoms with Crippen molar-refractivity contribution < 1.29 is 4.39 Å². The zero-order valence-corrected chi connectivity index (χ0v) is 18.2. The molecule has 0 aliphatic heterocycles. The van der Waals surface area contributed by atoms with E-state index < -0.39 is 5.83 Å². The molecular weight excluding hydrogens is 345 g/mol. The lowest BCUT2D eigenvalue weighted by Gasteiger charge is -2.38. The van der Waals surface area contributed by atoms with E-state index in [2.05, 4.69) is 6.92 Å². The van der Waals surface area contributed by atoms with Gasteiger partial charge in [0.2, 0.25) is 0 Å². The molecule has 0 aromatic heterocycles. The zero-order valence-electron chi connectivity index (χ0n) is 18.2. The molecule has 0 bridgehead atoms. The van der Waals surface area contributed by atoms with Gasteiger partial charge >= 0.3 is 0 Å². The maximum Gasteiger partial charge on any atom is 0.199 e. The molecule has 1 nitrogen and oxygen atoms in total. The summed E-state index contributed by atoms with van der Waals surface area (Å²) in [6.07, 6.45) is 27.4. The molecule has 0 N–H and O–H groups in total. The quantitative estimate of drug-likeness (QED) is 0.197. The van der Waals surface area contributed by atoms with Crippen LogP contribution in [0.5, 0.6) is 0 Å². The van der Waals surface area contributed by atoms with Gasteiger partial charge in [-0.15, -0.1) is 0 Å². The SMILES string of the molecule is CCCCCCC[C@H]1CC[C@H](C2CCC(CC/C=C/C=C(\F)C#N)CC2)CC1. The van der Waals surface area contributed by atoms with Crippen LogP contribution in [0.1, 0.15) is 110 Å². The van der Waals surface area contributed by atoms with Gasteiger partial charge in [0.05, 0.1) is 0 Å². The largest absolute Gasteiger partial charge is 0.199 e. The lowest BCUT2D eigenvalue weighted by molar-refractivity contribution is 0.140. The molecule has 0 aromatic carbocycles. The van der Waals surface area contributed by atoms with Gasteiger partial charge in [0.15, 0.2) is 5.83 Å². The molecule has 0 aromatic rings. The summed E-state index contributed by atoms with van der Waals surface area (Å²) < 4.78 is 12.7. The number of unbranched alkanes of at least 4 members (excludes halogenated alkanes) is 4. The Kier molecular flexibility index (Phi) is 11.6. The van der Waals surface area contributed by atoms with Crippen molar-refractivity contribution in [2.75, 3.05) is 0 Å². The molecular formula is C26H42FN. The molecule has 158 valence electrons. The van der Waals surface area contributed by atoms with Gasteiger partial charge in [-0.1, -0.05) is 83.3 Å². The minimum atomic E-state index is -0.706. The van der Waals surface area contributed by atoms with Gasteiger partial charge in [-0.05, 0) is 68.3 Å².